The second-order valence-corrected chi connectivity index (χ2v) is 7.72. The van der Waals surface area contributed by atoms with Crippen LogP contribution in [0.3, 0.4) is 0 Å². The predicted molar refractivity (Wildman–Crippen MR) is 85.4 cm³/mol. The van der Waals surface area contributed by atoms with E-state index >= 15 is 0 Å². The second-order valence-electron chi connectivity index (χ2n) is 7.72. The van der Waals surface area contributed by atoms with Crippen LogP contribution in [-0.4, -0.2) is 42.8 Å². The van der Waals surface area contributed by atoms with Crippen LogP contribution in [0.1, 0.15) is 59.3 Å². The lowest BCUT2D eigenvalue weighted by Gasteiger charge is -2.35. The summed E-state index contributed by atoms with van der Waals surface area (Å²) in [6.45, 7) is 9.91. The van der Waals surface area contributed by atoms with Crippen LogP contribution in [0.4, 0.5) is 4.79 Å². The second kappa shape index (κ2) is 7.48. The molecule has 1 N–H and O–H groups in total. The fourth-order valence-electron chi connectivity index (χ4n) is 3.43. The van der Waals surface area contributed by atoms with Gasteiger partial charge in [0.05, 0.1) is 0 Å². The summed E-state index contributed by atoms with van der Waals surface area (Å²) in [5.74, 6) is 1.50. The first-order chi connectivity index (χ1) is 9.94. The molecule has 2 fully saturated rings. The van der Waals surface area contributed by atoms with Gasteiger partial charge in [0.2, 0.25) is 0 Å². The van der Waals surface area contributed by atoms with Gasteiger partial charge in [-0.3, -0.25) is 0 Å². The average molecular weight is 296 g/mol. The number of likely N-dealkylation sites (tertiary alicyclic amines) is 1. The molecule has 0 aliphatic carbocycles. The van der Waals surface area contributed by atoms with Gasteiger partial charge in [-0.1, -0.05) is 0 Å². The van der Waals surface area contributed by atoms with Crippen LogP contribution in [0.5, 0.6) is 0 Å². The molecule has 4 nitrogen and oxygen atoms in total. The van der Waals surface area contributed by atoms with E-state index in [4.69, 9.17) is 4.74 Å². The Kier molecular flexibility index (Phi) is 5.91. The van der Waals surface area contributed by atoms with Crippen molar-refractivity contribution in [3.63, 3.8) is 0 Å². The van der Waals surface area contributed by atoms with E-state index in [1.165, 1.54) is 45.2 Å². The molecule has 0 spiro atoms. The number of ether oxygens (including phenoxy) is 1. The van der Waals surface area contributed by atoms with Crippen molar-refractivity contribution in [2.45, 2.75) is 64.9 Å². The Morgan fingerprint density at radius 3 is 2.57 bits per heavy atom. The minimum absolute atomic E-state index is 0.133. The smallest absolute Gasteiger partial charge is 0.410 e. The maximum atomic E-state index is 12.2. The molecule has 2 rings (SSSR count). The number of hydrogen-bond acceptors (Lipinski definition) is 3. The van der Waals surface area contributed by atoms with E-state index in [9.17, 15) is 4.79 Å². The summed E-state index contributed by atoms with van der Waals surface area (Å²) in [5, 5.41) is 3.49. The van der Waals surface area contributed by atoms with Gasteiger partial charge in [-0.2, -0.15) is 0 Å². The highest BCUT2D eigenvalue weighted by molar-refractivity contribution is 5.68. The van der Waals surface area contributed by atoms with E-state index in [0.29, 0.717) is 5.92 Å². The largest absolute Gasteiger partial charge is 0.444 e. The summed E-state index contributed by atoms with van der Waals surface area (Å²) < 4.78 is 5.50. The molecule has 122 valence electrons. The van der Waals surface area contributed by atoms with E-state index in [2.05, 4.69) is 5.32 Å². The maximum Gasteiger partial charge on any atom is 0.410 e. The summed E-state index contributed by atoms with van der Waals surface area (Å²) in [7, 11) is 0. The van der Waals surface area contributed by atoms with Gasteiger partial charge in [0, 0.05) is 13.1 Å². The number of rotatable bonds is 3. The van der Waals surface area contributed by atoms with Crippen molar-refractivity contribution >= 4 is 6.09 Å². The number of carbonyl (C=O) groups excluding carboxylic acids is 1. The average Bonchev–Trinajstić information content (AvgIpc) is 2.45. The third-order valence-corrected chi connectivity index (χ3v) is 4.55. The highest BCUT2D eigenvalue weighted by atomic mass is 16.6. The minimum atomic E-state index is -0.391. The van der Waals surface area contributed by atoms with Crippen molar-refractivity contribution in [1.29, 1.82) is 0 Å². The van der Waals surface area contributed by atoms with Gasteiger partial charge < -0.3 is 15.0 Å². The van der Waals surface area contributed by atoms with Gasteiger partial charge in [0.25, 0.3) is 0 Å². The van der Waals surface area contributed by atoms with Crippen LogP contribution >= 0.6 is 0 Å². The quantitative estimate of drug-likeness (QED) is 0.867. The number of carbonyl (C=O) groups is 1. The fraction of sp³-hybridized carbons (Fsp3) is 0.941. The van der Waals surface area contributed by atoms with Crippen LogP contribution in [-0.2, 0) is 4.74 Å². The van der Waals surface area contributed by atoms with Crippen LogP contribution in [0.2, 0.25) is 0 Å². The summed E-state index contributed by atoms with van der Waals surface area (Å²) in [6, 6.07) is 0. The number of amides is 1. The minimum Gasteiger partial charge on any atom is -0.444 e. The molecule has 0 aromatic carbocycles. The molecule has 2 saturated heterocycles. The van der Waals surface area contributed by atoms with Crippen LogP contribution in [0.15, 0.2) is 0 Å². The molecule has 0 radical (unpaired) electrons. The highest BCUT2D eigenvalue weighted by Crippen LogP contribution is 2.26. The first-order valence-corrected chi connectivity index (χ1v) is 8.63. The summed E-state index contributed by atoms with van der Waals surface area (Å²) in [6.07, 6.45) is 7.50. The SMILES string of the molecule is CC(C)(C)OC(=O)N1CCCC(CCC2CCCNC2)C1. The third kappa shape index (κ3) is 5.85. The lowest BCUT2D eigenvalue weighted by Crippen LogP contribution is -2.43. The molecule has 0 saturated carbocycles. The van der Waals surface area contributed by atoms with Gasteiger partial charge in [0.1, 0.15) is 5.60 Å². The zero-order chi connectivity index (χ0) is 15.3. The van der Waals surface area contributed by atoms with E-state index in [1.54, 1.807) is 0 Å². The van der Waals surface area contributed by atoms with E-state index in [-0.39, 0.29) is 6.09 Å². The highest BCUT2D eigenvalue weighted by Gasteiger charge is 2.28. The van der Waals surface area contributed by atoms with Crippen molar-refractivity contribution in [3.05, 3.63) is 0 Å². The van der Waals surface area contributed by atoms with Crippen LogP contribution in [0.25, 0.3) is 0 Å². The molecule has 2 heterocycles. The monoisotopic (exact) mass is 296 g/mol. The molecule has 2 atom stereocenters. The van der Waals surface area contributed by atoms with E-state index in [0.717, 1.165) is 25.4 Å². The summed E-state index contributed by atoms with van der Waals surface area (Å²) >= 11 is 0. The maximum absolute atomic E-state index is 12.2. The van der Waals surface area contributed by atoms with Crippen molar-refractivity contribution in [1.82, 2.24) is 10.2 Å². The molecule has 2 aliphatic rings. The standard InChI is InChI=1S/C17H32N2O2/c1-17(2,3)21-16(20)19-11-5-7-15(13-19)9-8-14-6-4-10-18-12-14/h14-15,18H,4-13H2,1-3H3. The molecule has 0 aromatic rings. The zero-order valence-electron chi connectivity index (χ0n) is 14.0. The molecule has 1 amide bonds. The first-order valence-electron chi connectivity index (χ1n) is 8.63. The van der Waals surface area contributed by atoms with Crippen molar-refractivity contribution in [2.24, 2.45) is 11.8 Å². The molecule has 0 aromatic heterocycles. The molecular weight excluding hydrogens is 264 g/mol. The number of hydrogen-bond donors (Lipinski definition) is 1. The Bertz CT molecular complexity index is 332. The lowest BCUT2D eigenvalue weighted by atomic mass is 9.87. The van der Waals surface area contributed by atoms with E-state index < -0.39 is 5.60 Å². The van der Waals surface area contributed by atoms with Crippen molar-refractivity contribution < 1.29 is 9.53 Å². The van der Waals surface area contributed by atoms with E-state index in [1.807, 2.05) is 25.7 Å². The molecule has 2 unspecified atom stereocenters. The Balaban J connectivity index is 1.73. The predicted octanol–water partition coefficient (Wildman–Crippen LogP) is 3.41. The Labute approximate surface area is 129 Å². The Hall–Kier alpha value is -0.770. The summed E-state index contributed by atoms with van der Waals surface area (Å²) in [4.78, 5) is 14.1. The Morgan fingerprint density at radius 1 is 1.19 bits per heavy atom. The van der Waals surface area contributed by atoms with Crippen molar-refractivity contribution in [2.75, 3.05) is 26.2 Å². The lowest BCUT2D eigenvalue weighted by molar-refractivity contribution is 0.0158. The van der Waals surface area contributed by atoms with Gasteiger partial charge in [-0.15, -0.1) is 0 Å². The van der Waals surface area contributed by atoms with Crippen molar-refractivity contribution in [3.8, 4) is 0 Å². The number of piperidine rings is 2. The number of nitrogens with one attached hydrogen (secondary N) is 1. The zero-order valence-corrected chi connectivity index (χ0v) is 14.0. The van der Waals surface area contributed by atoms with Gasteiger partial charge in [0.15, 0.2) is 0 Å². The van der Waals surface area contributed by atoms with Gasteiger partial charge >= 0.3 is 6.09 Å². The molecule has 21 heavy (non-hydrogen) atoms. The fourth-order valence-corrected chi connectivity index (χ4v) is 3.43. The van der Waals surface area contributed by atoms with Gasteiger partial charge in [-0.25, -0.2) is 4.79 Å². The van der Waals surface area contributed by atoms with Crippen LogP contribution in [0, 0.1) is 11.8 Å². The molecule has 0 bridgehead atoms. The molecule has 4 heteroatoms. The normalized spacial score (nSPS) is 27.5. The van der Waals surface area contributed by atoms with Crippen LogP contribution < -0.4 is 5.32 Å². The Morgan fingerprint density at radius 2 is 1.90 bits per heavy atom. The third-order valence-electron chi connectivity index (χ3n) is 4.55. The topological polar surface area (TPSA) is 41.6 Å². The first kappa shape index (κ1) is 16.6. The van der Waals surface area contributed by atoms with Gasteiger partial charge in [-0.05, 0) is 84.2 Å². The summed E-state index contributed by atoms with van der Waals surface area (Å²) in [5.41, 5.74) is -0.391. The number of nitrogens with zero attached hydrogens (tertiary/aromatic N) is 1. The molecule has 2 aliphatic heterocycles. The molecular formula is C17H32N2O2.